The van der Waals surface area contributed by atoms with E-state index in [0.717, 1.165) is 62.0 Å². The maximum Gasteiger partial charge on any atom is 0.232 e. The number of hydrogen-bond donors (Lipinski definition) is 0. The Morgan fingerprint density at radius 1 is 1.00 bits per heavy atom. The third-order valence-electron chi connectivity index (χ3n) is 5.92. The van der Waals surface area contributed by atoms with Crippen LogP contribution < -0.4 is 14.2 Å². The van der Waals surface area contributed by atoms with Crippen molar-refractivity contribution >= 4 is 5.91 Å². The van der Waals surface area contributed by atoms with Gasteiger partial charge in [0.05, 0.1) is 12.0 Å². The number of nitrogens with zero attached hydrogens (tertiary/aromatic N) is 2. The van der Waals surface area contributed by atoms with E-state index in [0.29, 0.717) is 6.61 Å². The van der Waals surface area contributed by atoms with E-state index in [1.54, 1.807) is 0 Å². The molecule has 0 bridgehead atoms. The minimum atomic E-state index is -0.498. The smallest absolute Gasteiger partial charge is 0.232 e. The first-order valence-electron chi connectivity index (χ1n) is 10.6. The minimum Gasteiger partial charge on any atom is -0.493 e. The first-order chi connectivity index (χ1) is 14.5. The van der Waals surface area contributed by atoms with Gasteiger partial charge in [0, 0.05) is 38.8 Å². The quantitative estimate of drug-likeness (QED) is 0.656. The second-order valence-electron chi connectivity index (χ2n) is 8.34. The summed E-state index contributed by atoms with van der Waals surface area (Å²) in [4.78, 5) is 17.5. The molecule has 0 aromatic heterocycles. The fraction of sp³-hybridized carbons (Fsp3) is 0.458. The molecule has 2 heterocycles. The van der Waals surface area contributed by atoms with Crippen LogP contribution in [0.4, 0.5) is 0 Å². The van der Waals surface area contributed by atoms with Gasteiger partial charge in [0.25, 0.3) is 0 Å². The summed E-state index contributed by atoms with van der Waals surface area (Å²) in [6.07, 6.45) is 0.942. The zero-order chi connectivity index (χ0) is 21.0. The molecule has 0 radical (unpaired) electrons. The van der Waals surface area contributed by atoms with Crippen LogP contribution in [0.1, 0.15) is 25.8 Å². The topological polar surface area (TPSA) is 51.2 Å². The SMILES string of the molecule is CC(C)(C(=O)N1CCN(CCCOc2ccc3c(c2)OCO3)CC1)c1ccccc1. The Hall–Kier alpha value is -2.73. The number of piperazine rings is 1. The van der Waals surface area contributed by atoms with Gasteiger partial charge < -0.3 is 19.1 Å². The fourth-order valence-electron chi connectivity index (χ4n) is 3.99. The summed E-state index contributed by atoms with van der Waals surface area (Å²) in [5.41, 5.74) is 0.570. The van der Waals surface area contributed by atoms with Crippen LogP contribution in [0.25, 0.3) is 0 Å². The summed E-state index contributed by atoms with van der Waals surface area (Å²) >= 11 is 0. The molecule has 0 atom stereocenters. The minimum absolute atomic E-state index is 0.208. The molecule has 1 fully saturated rings. The third kappa shape index (κ3) is 4.54. The molecule has 4 rings (SSSR count). The van der Waals surface area contributed by atoms with Crippen molar-refractivity contribution in [2.24, 2.45) is 0 Å². The fourth-order valence-corrected chi connectivity index (χ4v) is 3.99. The largest absolute Gasteiger partial charge is 0.493 e. The van der Waals surface area contributed by atoms with E-state index in [9.17, 15) is 4.79 Å². The van der Waals surface area contributed by atoms with Crippen LogP contribution in [0.15, 0.2) is 48.5 Å². The molecule has 0 aliphatic carbocycles. The zero-order valence-corrected chi connectivity index (χ0v) is 17.8. The molecule has 6 nitrogen and oxygen atoms in total. The Labute approximate surface area is 178 Å². The second kappa shape index (κ2) is 8.96. The number of rotatable bonds is 7. The lowest BCUT2D eigenvalue weighted by atomic mass is 9.83. The second-order valence-corrected chi connectivity index (χ2v) is 8.34. The number of benzene rings is 2. The lowest BCUT2D eigenvalue weighted by Gasteiger charge is -2.38. The van der Waals surface area contributed by atoms with E-state index in [1.807, 2.05) is 67.3 Å². The van der Waals surface area contributed by atoms with Crippen molar-refractivity contribution in [3.63, 3.8) is 0 Å². The number of ether oxygens (including phenoxy) is 3. The van der Waals surface area contributed by atoms with E-state index in [4.69, 9.17) is 14.2 Å². The molecule has 0 spiro atoms. The lowest BCUT2D eigenvalue weighted by molar-refractivity contribution is -0.138. The van der Waals surface area contributed by atoms with Gasteiger partial charge in [-0.1, -0.05) is 30.3 Å². The number of amides is 1. The summed E-state index contributed by atoms with van der Waals surface area (Å²) in [5, 5.41) is 0. The van der Waals surface area contributed by atoms with E-state index in [-0.39, 0.29) is 12.7 Å². The molecule has 30 heavy (non-hydrogen) atoms. The van der Waals surface area contributed by atoms with Gasteiger partial charge in [-0.05, 0) is 38.0 Å². The van der Waals surface area contributed by atoms with Gasteiger partial charge >= 0.3 is 0 Å². The van der Waals surface area contributed by atoms with Crippen molar-refractivity contribution in [3.05, 3.63) is 54.1 Å². The van der Waals surface area contributed by atoms with Gasteiger partial charge in [-0.3, -0.25) is 9.69 Å². The van der Waals surface area contributed by atoms with E-state index in [2.05, 4.69) is 4.90 Å². The van der Waals surface area contributed by atoms with Crippen LogP contribution in [0.3, 0.4) is 0 Å². The summed E-state index contributed by atoms with van der Waals surface area (Å²) < 4.78 is 16.5. The number of hydrogen-bond acceptors (Lipinski definition) is 5. The molecule has 0 N–H and O–H groups in total. The molecule has 0 unspecified atom stereocenters. The molecule has 1 saturated heterocycles. The van der Waals surface area contributed by atoms with Gasteiger partial charge in [0.15, 0.2) is 11.5 Å². The molecule has 2 aliphatic heterocycles. The highest BCUT2D eigenvalue weighted by Gasteiger charge is 2.34. The molecular formula is C24H30N2O4. The van der Waals surface area contributed by atoms with Crippen LogP contribution in [0.2, 0.25) is 0 Å². The third-order valence-corrected chi connectivity index (χ3v) is 5.92. The molecule has 2 aromatic carbocycles. The van der Waals surface area contributed by atoms with E-state index in [1.165, 1.54) is 0 Å². The molecule has 1 amide bonds. The van der Waals surface area contributed by atoms with Crippen molar-refractivity contribution in [1.82, 2.24) is 9.80 Å². The van der Waals surface area contributed by atoms with Crippen molar-refractivity contribution < 1.29 is 19.0 Å². The van der Waals surface area contributed by atoms with Crippen LogP contribution in [0, 0.1) is 0 Å². The monoisotopic (exact) mass is 410 g/mol. The van der Waals surface area contributed by atoms with Gasteiger partial charge in [-0.25, -0.2) is 0 Å². The number of carbonyl (C=O) groups is 1. The summed E-state index contributed by atoms with van der Waals surface area (Å²) in [6.45, 7) is 9.29. The average molecular weight is 411 g/mol. The number of fused-ring (bicyclic) bond motifs is 1. The Balaban J connectivity index is 1.19. The Bertz CT molecular complexity index is 861. The van der Waals surface area contributed by atoms with Gasteiger partial charge in [0.1, 0.15) is 5.75 Å². The van der Waals surface area contributed by atoms with Gasteiger partial charge in [-0.2, -0.15) is 0 Å². The van der Waals surface area contributed by atoms with Crippen LogP contribution >= 0.6 is 0 Å². The molecule has 6 heteroatoms. The van der Waals surface area contributed by atoms with Crippen LogP contribution in [-0.2, 0) is 10.2 Å². The standard InChI is InChI=1S/C24H30N2O4/c1-24(2,19-7-4-3-5-8-19)23(27)26-14-12-25(13-15-26)11-6-16-28-20-9-10-21-22(17-20)30-18-29-21/h3-5,7-10,17H,6,11-16,18H2,1-2H3. The highest BCUT2D eigenvalue weighted by Crippen LogP contribution is 2.35. The first kappa shape index (κ1) is 20.5. The summed E-state index contributed by atoms with van der Waals surface area (Å²) in [7, 11) is 0. The Kier molecular flexibility index (Phi) is 6.13. The maximum absolute atomic E-state index is 13.1. The molecule has 2 aliphatic rings. The average Bonchev–Trinajstić information content (AvgIpc) is 3.25. The Morgan fingerprint density at radius 3 is 2.50 bits per heavy atom. The summed E-state index contributed by atoms with van der Waals surface area (Å²) in [6, 6.07) is 15.7. The molecular weight excluding hydrogens is 380 g/mol. The molecule has 0 saturated carbocycles. The maximum atomic E-state index is 13.1. The van der Waals surface area contributed by atoms with Crippen molar-refractivity contribution in [1.29, 1.82) is 0 Å². The van der Waals surface area contributed by atoms with Crippen LogP contribution in [-0.4, -0.2) is 61.8 Å². The van der Waals surface area contributed by atoms with Gasteiger partial charge in [-0.15, -0.1) is 0 Å². The zero-order valence-electron chi connectivity index (χ0n) is 17.8. The normalized spacial score (nSPS) is 16.5. The highest BCUT2D eigenvalue weighted by atomic mass is 16.7. The van der Waals surface area contributed by atoms with Crippen molar-refractivity contribution in [2.45, 2.75) is 25.7 Å². The van der Waals surface area contributed by atoms with E-state index < -0.39 is 5.41 Å². The molecule has 160 valence electrons. The van der Waals surface area contributed by atoms with Crippen molar-refractivity contribution in [3.8, 4) is 17.2 Å². The van der Waals surface area contributed by atoms with Crippen molar-refractivity contribution in [2.75, 3.05) is 46.1 Å². The van der Waals surface area contributed by atoms with Crippen LogP contribution in [0.5, 0.6) is 17.2 Å². The molecule has 2 aromatic rings. The predicted octanol–water partition coefficient (Wildman–Crippen LogP) is 3.31. The first-order valence-corrected chi connectivity index (χ1v) is 10.6. The highest BCUT2D eigenvalue weighted by molar-refractivity contribution is 5.87. The number of carbonyl (C=O) groups excluding carboxylic acids is 1. The predicted molar refractivity (Wildman–Crippen MR) is 115 cm³/mol. The van der Waals surface area contributed by atoms with E-state index >= 15 is 0 Å². The van der Waals surface area contributed by atoms with Gasteiger partial charge in [0.2, 0.25) is 12.7 Å². The Morgan fingerprint density at radius 2 is 1.73 bits per heavy atom. The summed E-state index contributed by atoms with van der Waals surface area (Å²) in [5.74, 6) is 2.52. The lowest BCUT2D eigenvalue weighted by Crippen LogP contribution is -2.53.